The van der Waals surface area contributed by atoms with Crippen LogP contribution in [0.1, 0.15) is 62.2 Å². The molecule has 1 aliphatic heterocycles. The molecule has 0 aromatic heterocycles. The average molecular weight is 321 g/mol. The Kier molecular flexibility index (Phi) is 5.19. The lowest BCUT2D eigenvalue weighted by Crippen LogP contribution is -2.41. The maximum absolute atomic E-state index is 13.3. The van der Waals surface area contributed by atoms with Crippen molar-refractivity contribution in [2.75, 3.05) is 13.1 Å². The van der Waals surface area contributed by atoms with E-state index in [-0.39, 0.29) is 11.2 Å². The van der Waals surface area contributed by atoms with Crippen molar-refractivity contribution in [2.45, 2.75) is 56.6 Å². The van der Waals surface area contributed by atoms with Crippen LogP contribution in [0, 0.1) is 5.92 Å². The fourth-order valence-corrected chi connectivity index (χ4v) is 6.39. The van der Waals surface area contributed by atoms with Crippen LogP contribution in [-0.4, -0.2) is 25.8 Å². The summed E-state index contributed by atoms with van der Waals surface area (Å²) in [6, 6.07) is 9.91. The molecular formula is C18H27NO2S. The number of rotatable bonds is 4. The lowest BCUT2D eigenvalue weighted by molar-refractivity contribution is 0.308. The fraction of sp³-hybridized carbons (Fsp3) is 0.667. The predicted octanol–water partition coefficient (Wildman–Crippen LogP) is 4.12. The summed E-state index contributed by atoms with van der Waals surface area (Å²) < 4.78 is 28.4. The minimum atomic E-state index is -3.24. The molecule has 2 fully saturated rings. The molecule has 0 unspecified atom stereocenters. The molecule has 2 aliphatic rings. The largest absolute Gasteiger partial charge is 0.221 e. The molecule has 4 heteroatoms. The van der Waals surface area contributed by atoms with E-state index in [0.717, 1.165) is 37.7 Å². The third-order valence-electron chi connectivity index (χ3n) is 5.20. The lowest BCUT2D eigenvalue weighted by atomic mass is 9.84. The molecule has 122 valence electrons. The maximum atomic E-state index is 13.3. The molecular weight excluding hydrogens is 294 g/mol. The van der Waals surface area contributed by atoms with Gasteiger partial charge in [0.1, 0.15) is 5.25 Å². The molecule has 1 aliphatic carbocycles. The van der Waals surface area contributed by atoms with Crippen molar-refractivity contribution in [3.05, 3.63) is 35.9 Å². The third-order valence-corrected chi connectivity index (χ3v) is 7.59. The Bertz CT molecular complexity index is 558. The zero-order valence-electron chi connectivity index (χ0n) is 13.3. The molecule has 1 saturated heterocycles. The summed E-state index contributed by atoms with van der Waals surface area (Å²) in [5.41, 5.74) is 0.986. The molecule has 22 heavy (non-hydrogen) atoms. The van der Waals surface area contributed by atoms with Crippen LogP contribution in [0.15, 0.2) is 30.3 Å². The first-order chi connectivity index (χ1) is 10.7. The van der Waals surface area contributed by atoms with Crippen molar-refractivity contribution in [3.8, 4) is 0 Å². The van der Waals surface area contributed by atoms with E-state index in [1.165, 1.54) is 19.3 Å². The summed E-state index contributed by atoms with van der Waals surface area (Å²) in [6.45, 7) is 1.41. The van der Waals surface area contributed by atoms with Gasteiger partial charge in [0.15, 0.2) is 0 Å². The van der Waals surface area contributed by atoms with Crippen molar-refractivity contribution in [1.29, 1.82) is 0 Å². The number of hydrogen-bond acceptors (Lipinski definition) is 2. The van der Waals surface area contributed by atoms with Gasteiger partial charge < -0.3 is 0 Å². The zero-order valence-corrected chi connectivity index (χ0v) is 14.1. The van der Waals surface area contributed by atoms with Crippen LogP contribution < -0.4 is 0 Å². The quantitative estimate of drug-likeness (QED) is 0.836. The van der Waals surface area contributed by atoms with Gasteiger partial charge in [-0.1, -0.05) is 56.0 Å². The van der Waals surface area contributed by atoms with Crippen LogP contribution in [0.2, 0.25) is 0 Å². The molecule has 1 aromatic rings. The first-order valence-corrected chi connectivity index (χ1v) is 10.2. The van der Waals surface area contributed by atoms with Crippen molar-refractivity contribution in [2.24, 2.45) is 5.92 Å². The normalized spacial score (nSPS) is 23.3. The number of benzene rings is 1. The van der Waals surface area contributed by atoms with Crippen LogP contribution >= 0.6 is 0 Å². The van der Waals surface area contributed by atoms with Gasteiger partial charge in [-0.2, -0.15) is 0 Å². The highest BCUT2D eigenvalue weighted by Gasteiger charge is 2.39. The molecule has 1 heterocycles. The van der Waals surface area contributed by atoms with Crippen molar-refractivity contribution >= 4 is 10.0 Å². The van der Waals surface area contributed by atoms with Gasteiger partial charge in [-0.15, -0.1) is 0 Å². The van der Waals surface area contributed by atoms with E-state index in [1.807, 2.05) is 30.3 Å². The fourth-order valence-electron chi connectivity index (χ4n) is 4.05. The number of piperidine rings is 1. The van der Waals surface area contributed by atoms with Gasteiger partial charge in [-0.3, -0.25) is 0 Å². The standard InChI is InChI=1S/C18H27NO2S/c20-22(21,19-14-8-3-9-15-19)18(16-10-4-1-5-11-16)17-12-6-2-7-13-17/h1,4-5,10-11,17-18H,2-3,6-9,12-15H2/t18-/m1/s1. The Labute approximate surface area is 134 Å². The first-order valence-electron chi connectivity index (χ1n) is 8.73. The van der Waals surface area contributed by atoms with Gasteiger partial charge in [0.05, 0.1) is 0 Å². The second kappa shape index (κ2) is 7.14. The van der Waals surface area contributed by atoms with Crippen LogP contribution in [0.25, 0.3) is 0 Å². The van der Waals surface area contributed by atoms with E-state index in [9.17, 15) is 8.42 Å². The van der Waals surface area contributed by atoms with Crippen molar-refractivity contribution < 1.29 is 8.42 Å². The zero-order chi connectivity index (χ0) is 15.4. The van der Waals surface area contributed by atoms with E-state index in [2.05, 4.69) is 0 Å². The molecule has 0 N–H and O–H groups in total. The smallest absolute Gasteiger partial charge is 0.212 e. The highest BCUT2D eigenvalue weighted by Crippen LogP contribution is 2.41. The summed E-state index contributed by atoms with van der Waals surface area (Å²) in [5, 5.41) is -0.341. The molecule has 1 saturated carbocycles. The predicted molar refractivity (Wildman–Crippen MR) is 90.1 cm³/mol. The van der Waals surface area contributed by atoms with Gasteiger partial charge in [-0.05, 0) is 37.2 Å². The first kappa shape index (κ1) is 16.0. The molecule has 0 bridgehead atoms. The summed E-state index contributed by atoms with van der Waals surface area (Å²) in [4.78, 5) is 0. The molecule has 1 aromatic carbocycles. The monoisotopic (exact) mass is 321 g/mol. The van der Waals surface area contributed by atoms with Gasteiger partial charge in [-0.25, -0.2) is 12.7 Å². The second-order valence-corrected chi connectivity index (χ2v) is 8.79. The van der Waals surface area contributed by atoms with E-state index in [4.69, 9.17) is 0 Å². The van der Waals surface area contributed by atoms with Crippen LogP contribution in [0.5, 0.6) is 0 Å². The summed E-state index contributed by atoms with van der Waals surface area (Å²) >= 11 is 0. The molecule has 0 amide bonds. The van der Waals surface area contributed by atoms with Crippen molar-refractivity contribution in [1.82, 2.24) is 4.31 Å². The number of nitrogens with zero attached hydrogens (tertiary/aromatic N) is 1. The van der Waals surface area contributed by atoms with Gasteiger partial charge in [0.25, 0.3) is 0 Å². The minimum absolute atomic E-state index is 0.281. The lowest BCUT2D eigenvalue weighted by Gasteiger charge is -2.35. The maximum Gasteiger partial charge on any atom is 0.221 e. The van der Waals surface area contributed by atoms with E-state index < -0.39 is 10.0 Å². The number of hydrogen-bond donors (Lipinski definition) is 0. The SMILES string of the molecule is O=S(=O)([C@H](c1ccccc1)C1CCCCC1)N1CCCCC1. The van der Waals surface area contributed by atoms with Crippen LogP contribution in [-0.2, 0) is 10.0 Å². The summed E-state index contributed by atoms with van der Waals surface area (Å²) in [5.74, 6) is 0.281. The summed E-state index contributed by atoms with van der Waals surface area (Å²) in [6.07, 6.45) is 8.86. The summed E-state index contributed by atoms with van der Waals surface area (Å²) in [7, 11) is -3.24. The van der Waals surface area contributed by atoms with Crippen molar-refractivity contribution in [3.63, 3.8) is 0 Å². The molecule has 0 radical (unpaired) electrons. The average Bonchev–Trinajstić information content (AvgIpc) is 2.58. The Morgan fingerprint density at radius 2 is 1.45 bits per heavy atom. The van der Waals surface area contributed by atoms with Gasteiger partial charge >= 0.3 is 0 Å². The van der Waals surface area contributed by atoms with Gasteiger partial charge in [0, 0.05) is 13.1 Å². The topological polar surface area (TPSA) is 37.4 Å². The second-order valence-electron chi connectivity index (χ2n) is 6.73. The third kappa shape index (κ3) is 3.38. The Hall–Kier alpha value is -0.870. The highest BCUT2D eigenvalue weighted by molar-refractivity contribution is 7.89. The van der Waals surface area contributed by atoms with E-state index >= 15 is 0 Å². The molecule has 1 atom stereocenters. The van der Waals surface area contributed by atoms with Crippen LogP contribution in [0.3, 0.4) is 0 Å². The van der Waals surface area contributed by atoms with Crippen LogP contribution in [0.4, 0.5) is 0 Å². The van der Waals surface area contributed by atoms with E-state index in [0.29, 0.717) is 13.1 Å². The Morgan fingerprint density at radius 1 is 0.864 bits per heavy atom. The minimum Gasteiger partial charge on any atom is -0.212 e. The highest BCUT2D eigenvalue weighted by atomic mass is 32.2. The Balaban J connectivity index is 1.93. The molecule has 0 spiro atoms. The Morgan fingerprint density at radius 3 is 2.09 bits per heavy atom. The number of sulfonamides is 1. The molecule has 3 nitrogen and oxygen atoms in total. The van der Waals surface area contributed by atoms with Gasteiger partial charge in [0.2, 0.25) is 10.0 Å². The van der Waals surface area contributed by atoms with E-state index in [1.54, 1.807) is 4.31 Å². The molecule has 3 rings (SSSR count).